The third-order valence-corrected chi connectivity index (χ3v) is 3.65. The van der Waals surface area contributed by atoms with Crippen molar-refractivity contribution >= 4 is 17.2 Å². The first-order valence-corrected chi connectivity index (χ1v) is 7.11. The lowest BCUT2D eigenvalue weighted by Crippen LogP contribution is -2.18. The fourth-order valence-electron chi connectivity index (χ4n) is 2.23. The van der Waals surface area contributed by atoms with Gasteiger partial charge in [0.25, 0.3) is 0 Å². The van der Waals surface area contributed by atoms with Crippen molar-refractivity contribution in [3.8, 4) is 0 Å². The van der Waals surface area contributed by atoms with E-state index in [1.165, 1.54) is 12.1 Å². The molecule has 2 heterocycles. The topological polar surface area (TPSA) is 29.3 Å². The third kappa shape index (κ3) is 3.23. The van der Waals surface area contributed by atoms with E-state index in [-0.39, 0.29) is 11.9 Å². The summed E-state index contributed by atoms with van der Waals surface area (Å²) in [5, 5.41) is 4.06. The summed E-state index contributed by atoms with van der Waals surface area (Å²) in [7, 11) is 0. The first-order valence-electron chi connectivity index (χ1n) is 6.74. The zero-order chi connectivity index (χ0) is 14.8. The van der Waals surface area contributed by atoms with Gasteiger partial charge in [0.1, 0.15) is 11.5 Å². The Bertz CT molecular complexity index is 752. The fourth-order valence-corrected chi connectivity index (χ4v) is 2.40. The highest BCUT2D eigenvalue weighted by Crippen LogP contribution is 2.15. The predicted molar refractivity (Wildman–Crippen MR) is 81.9 cm³/mol. The average Bonchev–Trinajstić information content (AvgIpc) is 2.87. The zero-order valence-corrected chi connectivity index (χ0v) is 12.3. The van der Waals surface area contributed by atoms with Crippen LogP contribution in [-0.4, -0.2) is 9.38 Å². The summed E-state index contributed by atoms with van der Waals surface area (Å²) >= 11 is 5.95. The lowest BCUT2D eigenvalue weighted by molar-refractivity contribution is 0.566. The van der Waals surface area contributed by atoms with E-state index in [1.54, 1.807) is 12.1 Å². The van der Waals surface area contributed by atoms with Gasteiger partial charge in [-0.05, 0) is 36.8 Å². The number of imidazole rings is 1. The second-order valence-electron chi connectivity index (χ2n) is 5.00. The van der Waals surface area contributed by atoms with Crippen molar-refractivity contribution in [2.75, 3.05) is 0 Å². The molecule has 0 radical (unpaired) electrons. The minimum Gasteiger partial charge on any atom is -0.305 e. The Hall–Kier alpha value is -1.91. The van der Waals surface area contributed by atoms with Gasteiger partial charge < -0.3 is 9.72 Å². The number of pyridine rings is 1. The number of hydrogen-bond acceptors (Lipinski definition) is 2. The van der Waals surface area contributed by atoms with E-state index in [9.17, 15) is 4.39 Å². The summed E-state index contributed by atoms with van der Waals surface area (Å²) in [6.45, 7) is 2.68. The van der Waals surface area contributed by atoms with Crippen LogP contribution in [0, 0.1) is 5.82 Å². The summed E-state index contributed by atoms with van der Waals surface area (Å²) in [5.74, 6) is -0.219. The molecule has 5 heteroatoms. The maximum absolute atomic E-state index is 12.9. The summed E-state index contributed by atoms with van der Waals surface area (Å²) in [5.41, 5.74) is 2.85. The van der Waals surface area contributed by atoms with Crippen molar-refractivity contribution in [1.29, 1.82) is 0 Å². The van der Waals surface area contributed by atoms with Crippen LogP contribution in [0.15, 0.2) is 48.8 Å². The standard InChI is InChI=1S/C16H15ClFN3/c1-11(12-2-5-14(18)6-3-12)19-8-15-10-21-9-13(17)4-7-16(21)20-15/h2-7,9-11,19H,8H2,1H3. The zero-order valence-electron chi connectivity index (χ0n) is 11.6. The first-order chi connectivity index (χ1) is 10.1. The summed E-state index contributed by atoms with van der Waals surface area (Å²) in [4.78, 5) is 4.52. The number of hydrogen-bond donors (Lipinski definition) is 1. The molecule has 108 valence electrons. The van der Waals surface area contributed by atoms with Crippen LogP contribution >= 0.6 is 11.6 Å². The van der Waals surface area contributed by atoms with E-state index < -0.39 is 0 Å². The fraction of sp³-hybridized carbons (Fsp3) is 0.188. The minimum absolute atomic E-state index is 0.124. The molecule has 0 saturated heterocycles. The molecule has 1 N–H and O–H groups in total. The van der Waals surface area contributed by atoms with Gasteiger partial charge in [-0.25, -0.2) is 9.37 Å². The maximum atomic E-state index is 12.9. The number of fused-ring (bicyclic) bond motifs is 1. The Morgan fingerprint density at radius 2 is 1.95 bits per heavy atom. The molecular weight excluding hydrogens is 289 g/mol. The van der Waals surface area contributed by atoms with E-state index >= 15 is 0 Å². The molecule has 3 rings (SSSR count). The number of benzene rings is 1. The highest BCUT2D eigenvalue weighted by atomic mass is 35.5. The van der Waals surface area contributed by atoms with Gasteiger partial charge in [-0.2, -0.15) is 0 Å². The Labute approximate surface area is 127 Å². The summed E-state index contributed by atoms with van der Waals surface area (Å²) in [6, 6.07) is 10.4. The molecule has 0 aliphatic rings. The maximum Gasteiger partial charge on any atom is 0.137 e. The van der Waals surface area contributed by atoms with Gasteiger partial charge in [-0.3, -0.25) is 0 Å². The second-order valence-corrected chi connectivity index (χ2v) is 5.44. The number of nitrogens with zero attached hydrogens (tertiary/aromatic N) is 2. The molecular formula is C16H15ClFN3. The van der Waals surface area contributed by atoms with Crippen molar-refractivity contribution in [3.63, 3.8) is 0 Å². The highest BCUT2D eigenvalue weighted by molar-refractivity contribution is 6.30. The van der Waals surface area contributed by atoms with Gasteiger partial charge in [0, 0.05) is 25.0 Å². The van der Waals surface area contributed by atoms with E-state index in [2.05, 4.69) is 10.3 Å². The van der Waals surface area contributed by atoms with E-state index in [4.69, 9.17) is 11.6 Å². The van der Waals surface area contributed by atoms with Crippen LogP contribution in [0.3, 0.4) is 0 Å². The molecule has 0 fully saturated rings. The minimum atomic E-state index is -0.219. The molecule has 0 bridgehead atoms. The van der Waals surface area contributed by atoms with Crippen LogP contribution in [0.25, 0.3) is 5.65 Å². The quantitative estimate of drug-likeness (QED) is 0.790. The van der Waals surface area contributed by atoms with E-state index in [0.717, 1.165) is 16.9 Å². The molecule has 3 aromatic rings. The molecule has 2 aromatic heterocycles. The van der Waals surface area contributed by atoms with Gasteiger partial charge in [-0.15, -0.1) is 0 Å². The van der Waals surface area contributed by atoms with Crippen LogP contribution in [0.5, 0.6) is 0 Å². The monoisotopic (exact) mass is 303 g/mol. The average molecular weight is 304 g/mol. The SMILES string of the molecule is CC(NCc1cn2cc(Cl)ccc2n1)c1ccc(F)cc1. The lowest BCUT2D eigenvalue weighted by atomic mass is 10.1. The molecule has 0 aliphatic carbocycles. The van der Waals surface area contributed by atoms with Gasteiger partial charge >= 0.3 is 0 Å². The van der Waals surface area contributed by atoms with Crippen LogP contribution in [0.2, 0.25) is 5.02 Å². The van der Waals surface area contributed by atoms with Gasteiger partial charge in [0.05, 0.1) is 10.7 Å². The molecule has 0 saturated carbocycles. The molecule has 1 atom stereocenters. The number of halogens is 2. The molecule has 1 unspecified atom stereocenters. The van der Waals surface area contributed by atoms with Crippen LogP contribution in [0.1, 0.15) is 24.2 Å². The number of nitrogens with one attached hydrogen (secondary N) is 1. The Kier molecular flexibility index (Phi) is 3.90. The van der Waals surface area contributed by atoms with Crippen LogP contribution in [-0.2, 0) is 6.54 Å². The normalized spacial score (nSPS) is 12.7. The molecule has 0 amide bonds. The molecule has 21 heavy (non-hydrogen) atoms. The summed E-state index contributed by atoms with van der Waals surface area (Å²) in [6.07, 6.45) is 3.78. The molecule has 0 aliphatic heterocycles. The Morgan fingerprint density at radius 3 is 2.71 bits per heavy atom. The first kappa shape index (κ1) is 14.0. The van der Waals surface area contributed by atoms with Crippen LogP contribution in [0.4, 0.5) is 4.39 Å². The number of aromatic nitrogens is 2. The van der Waals surface area contributed by atoms with Gasteiger partial charge in [0.2, 0.25) is 0 Å². The summed E-state index contributed by atoms with van der Waals surface area (Å²) < 4.78 is 14.8. The second kappa shape index (κ2) is 5.84. The van der Waals surface area contributed by atoms with Crippen molar-refractivity contribution in [2.24, 2.45) is 0 Å². The highest BCUT2D eigenvalue weighted by Gasteiger charge is 2.07. The Balaban J connectivity index is 1.69. The largest absolute Gasteiger partial charge is 0.305 e. The van der Waals surface area contributed by atoms with E-state index in [0.29, 0.717) is 11.6 Å². The van der Waals surface area contributed by atoms with Crippen molar-refractivity contribution in [3.05, 3.63) is 70.9 Å². The predicted octanol–water partition coefficient (Wildman–Crippen LogP) is 3.98. The third-order valence-electron chi connectivity index (χ3n) is 3.42. The number of rotatable bonds is 4. The van der Waals surface area contributed by atoms with Crippen molar-refractivity contribution < 1.29 is 4.39 Å². The molecule has 0 spiro atoms. The lowest BCUT2D eigenvalue weighted by Gasteiger charge is -2.13. The molecule has 3 nitrogen and oxygen atoms in total. The smallest absolute Gasteiger partial charge is 0.137 e. The van der Waals surface area contributed by atoms with Crippen molar-refractivity contribution in [1.82, 2.24) is 14.7 Å². The van der Waals surface area contributed by atoms with E-state index in [1.807, 2.05) is 35.9 Å². The van der Waals surface area contributed by atoms with Crippen molar-refractivity contribution in [2.45, 2.75) is 19.5 Å². The molecule has 1 aromatic carbocycles. The van der Waals surface area contributed by atoms with Crippen LogP contribution < -0.4 is 5.32 Å². The van der Waals surface area contributed by atoms with Gasteiger partial charge in [0.15, 0.2) is 0 Å². The Morgan fingerprint density at radius 1 is 1.19 bits per heavy atom. The van der Waals surface area contributed by atoms with Gasteiger partial charge in [-0.1, -0.05) is 23.7 Å².